The van der Waals surface area contributed by atoms with Crippen LogP contribution in [0.2, 0.25) is 0 Å². The van der Waals surface area contributed by atoms with E-state index in [0.717, 1.165) is 5.56 Å². The molecule has 38 heavy (non-hydrogen) atoms. The summed E-state index contributed by atoms with van der Waals surface area (Å²) in [6.45, 7) is 4.85. The third kappa shape index (κ3) is 7.19. The van der Waals surface area contributed by atoms with Gasteiger partial charge in [-0.25, -0.2) is 0 Å². The van der Waals surface area contributed by atoms with Gasteiger partial charge in [-0.15, -0.1) is 0 Å². The van der Waals surface area contributed by atoms with Gasteiger partial charge in [-0.05, 0) is 44.5 Å². The summed E-state index contributed by atoms with van der Waals surface area (Å²) >= 11 is 0. The number of carbonyl (C=O) groups excluding carboxylic acids is 4. The van der Waals surface area contributed by atoms with E-state index in [1.165, 1.54) is 31.2 Å². The molecule has 4 N–H and O–H groups in total. The molecule has 0 radical (unpaired) electrons. The Balaban J connectivity index is 1.87. The van der Waals surface area contributed by atoms with Gasteiger partial charge >= 0.3 is 0 Å². The van der Waals surface area contributed by atoms with Crippen LogP contribution in [0.4, 0.5) is 0 Å². The number of methoxy groups -OCH3 is 1. The number of ether oxygens (including phenoxy) is 2. The molecule has 3 rings (SSSR count). The van der Waals surface area contributed by atoms with Crippen molar-refractivity contribution < 1.29 is 33.8 Å². The van der Waals surface area contributed by atoms with E-state index in [1.54, 1.807) is 25.1 Å². The Bertz CT molecular complexity index is 1200. The molecule has 0 saturated carbocycles. The number of nitrogens with one attached hydrogen (secondary N) is 3. The first-order valence-corrected chi connectivity index (χ1v) is 12.2. The number of rotatable bonds is 3. The van der Waals surface area contributed by atoms with Crippen LogP contribution in [0.25, 0.3) is 0 Å². The van der Waals surface area contributed by atoms with Crippen LogP contribution in [0.5, 0.6) is 11.5 Å². The first kappa shape index (κ1) is 28.4. The number of benzene rings is 1. The molecule has 0 spiro atoms. The van der Waals surface area contributed by atoms with E-state index in [1.807, 2.05) is 6.92 Å². The molecule has 2 atom stereocenters. The van der Waals surface area contributed by atoms with Crippen molar-refractivity contribution in [1.82, 2.24) is 25.8 Å². The molecule has 1 aromatic carbocycles. The van der Waals surface area contributed by atoms with Crippen LogP contribution in [-0.4, -0.2) is 90.7 Å². The van der Waals surface area contributed by atoms with Crippen LogP contribution in [0.15, 0.2) is 30.5 Å². The van der Waals surface area contributed by atoms with E-state index in [4.69, 9.17) is 9.47 Å². The fourth-order valence-electron chi connectivity index (χ4n) is 3.83. The van der Waals surface area contributed by atoms with Gasteiger partial charge in [0.1, 0.15) is 24.1 Å². The van der Waals surface area contributed by atoms with Crippen LogP contribution in [0.1, 0.15) is 38.9 Å². The molecule has 204 valence electrons. The Kier molecular flexibility index (Phi) is 9.61. The minimum Gasteiger partial charge on any atom is -0.494 e. The minimum atomic E-state index is -1.25. The van der Waals surface area contributed by atoms with Crippen LogP contribution in [0, 0.1) is 13.8 Å². The average molecular weight is 528 g/mol. The zero-order valence-electron chi connectivity index (χ0n) is 21.9. The van der Waals surface area contributed by atoms with Crippen molar-refractivity contribution in [3.05, 3.63) is 52.8 Å². The van der Waals surface area contributed by atoms with Crippen LogP contribution in [-0.2, 0) is 9.59 Å². The Hall–Kier alpha value is -4.19. The van der Waals surface area contributed by atoms with Crippen molar-refractivity contribution >= 4 is 23.6 Å². The zero-order valence-corrected chi connectivity index (χ0v) is 21.9. The van der Waals surface area contributed by atoms with E-state index in [-0.39, 0.29) is 49.7 Å². The summed E-state index contributed by atoms with van der Waals surface area (Å²) in [7, 11) is 1.41. The molecule has 0 aliphatic carbocycles. The average Bonchev–Trinajstić information content (AvgIpc) is 2.88. The number of fused-ring (bicyclic) bond motifs is 2. The maximum absolute atomic E-state index is 13.4. The van der Waals surface area contributed by atoms with E-state index in [0.29, 0.717) is 11.4 Å². The van der Waals surface area contributed by atoms with Gasteiger partial charge in [0.05, 0.1) is 38.1 Å². The normalized spacial score (nSPS) is 18.3. The summed E-state index contributed by atoms with van der Waals surface area (Å²) in [6, 6.07) is 5.13. The second-order valence-corrected chi connectivity index (χ2v) is 8.91. The number of aliphatic hydroxyl groups excluding tert-OH is 1. The van der Waals surface area contributed by atoms with Gasteiger partial charge in [0.2, 0.25) is 11.8 Å². The van der Waals surface area contributed by atoms with Crippen LogP contribution < -0.4 is 25.4 Å². The summed E-state index contributed by atoms with van der Waals surface area (Å²) < 4.78 is 11.0. The lowest BCUT2D eigenvalue weighted by Gasteiger charge is -2.25. The summed E-state index contributed by atoms with van der Waals surface area (Å²) in [5, 5.41) is 18.1. The van der Waals surface area contributed by atoms with Crippen LogP contribution >= 0.6 is 0 Å². The SMILES string of the molecule is COc1cnc(C)cc1C(=O)N1CCNC(=O)[C@H]([C@@H](C)O)NC(=O)c2ccc(C)c(c2)OCCNC(=O)C1. The summed E-state index contributed by atoms with van der Waals surface area (Å²) in [5.41, 5.74) is 1.82. The number of amides is 4. The molecule has 0 fully saturated rings. The lowest BCUT2D eigenvalue weighted by atomic mass is 10.1. The molecular formula is C26H33N5O7. The van der Waals surface area contributed by atoms with Gasteiger partial charge < -0.3 is 35.4 Å². The first-order valence-electron chi connectivity index (χ1n) is 12.2. The standard InChI is InChI=1S/C26H33N5O7/c1-15-5-6-18-12-20(15)38-10-8-27-22(33)14-31(26(36)19-11-16(2)29-13-21(19)37-4)9-7-28-25(35)23(17(3)32)30-24(18)34/h5-6,11-13,17,23,32H,7-10,14H2,1-4H3,(H,27,33)(H,28,35)(H,30,34)/t17-,23+/m1/s1. The monoisotopic (exact) mass is 527 g/mol. The number of nitrogens with zero attached hydrogens (tertiary/aromatic N) is 2. The predicted octanol–water partition coefficient (Wildman–Crippen LogP) is -0.0466. The summed E-state index contributed by atoms with van der Waals surface area (Å²) in [4.78, 5) is 57.2. The quantitative estimate of drug-likeness (QED) is 0.433. The molecule has 1 aromatic heterocycles. The van der Waals surface area contributed by atoms with Crippen molar-refractivity contribution in [2.45, 2.75) is 32.9 Å². The maximum atomic E-state index is 13.4. The number of carbonyl (C=O) groups is 4. The van der Waals surface area contributed by atoms with Gasteiger partial charge in [-0.1, -0.05) is 6.07 Å². The topological polar surface area (TPSA) is 159 Å². The van der Waals surface area contributed by atoms with Crippen molar-refractivity contribution in [1.29, 1.82) is 0 Å². The molecule has 1 aliphatic rings. The lowest BCUT2D eigenvalue weighted by molar-refractivity contribution is -0.125. The highest BCUT2D eigenvalue weighted by Crippen LogP contribution is 2.21. The van der Waals surface area contributed by atoms with Gasteiger partial charge in [0, 0.05) is 24.3 Å². The van der Waals surface area contributed by atoms with Crippen LogP contribution in [0.3, 0.4) is 0 Å². The smallest absolute Gasteiger partial charge is 0.258 e. The number of aryl methyl sites for hydroxylation is 2. The van der Waals surface area contributed by atoms with E-state index >= 15 is 0 Å². The molecule has 0 saturated heterocycles. The third-order valence-corrected chi connectivity index (χ3v) is 5.94. The molecule has 0 unspecified atom stereocenters. The molecular weight excluding hydrogens is 494 g/mol. The van der Waals surface area contributed by atoms with Crippen molar-refractivity contribution in [2.24, 2.45) is 0 Å². The van der Waals surface area contributed by atoms with E-state index < -0.39 is 35.8 Å². The Morgan fingerprint density at radius 2 is 1.95 bits per heavy atom. The van der Waals surface area contributed by atoms with Gasteiger partial charge in [0.15, 0.2) is 0 Å². The molecule has 1 aliphatic heterocycles. The second-order valence-electron chi connectivity index (χ2n) is 8.91. The molecule has 12 nitrogen and oxygen atoms in total. The first-order chi connectivity index (χ1) is 18.1. The van der Waals surface area contributed by atoms with Gasteiger partial charge in [-0.3, -0.25) is 24.2 Å². The largest absolute Gasteiger partial charge is 0.494 e. The predicted molar refractivity (Wildman–Crippen MR) is 137 cm³/mol. The number of aliphatic hydroxyl groups is 1. The zero-order chi connectivity index (χ0) is 27.8. The maximum Gasteiger partial charge on any atom is 0.258 e. The highest BCUT2D eigenvalue weighted by atomic mass is 16.5. The second kappa shape index (κ2) is 12.9. The Morgan fingerprint density at radius 3 is 2.66 bits per heavy atom. The lowest BCUT2D eigenvalue weighted by Crippen LogP contribution is -2.53. The van der Waals surface area contributed by atoms with E-state index in [9.17, 15) is 24.3 Å². The fraction of sp³-hybridized carbons (Fsp3) is 0.423. The fourth-order valence-corrected chi connectivity index (χ4v) is 3.83. The summed E-state index contributed by atoms with van der Waals surface area (Å²) in [6.07, 6.45) is 0.225. The molecule has 2 bridgehead atoms. The highest BCUT2D eigenvalue weighted by Gasteiger charge is 2.27. The summed E-state index contributed by atoms with van der Waals surface area (Å²) in [5.74, 6) is -1.44. The van der Waals surface area contributed by atoms with Crippen molar-refractivity contribution in [2.75, 3.05) is 39.9 Å². The van der Waals surface area contributed by atoms with E-state index in [2.05, 4.69) is 20.9 Å². The van der Waals surface area contributed by atoms with Gasteiger partial charge in [-0.2, -0.15) is 0 Å². The van der Waals surface area contributed by atoms with Crippen molar-refractivity contribution in [3.8, 4) is 11.5 Å². The number of hydrogen-bond acceptors (Lipinski definition) is 8. The Labute approximate surface area is 220 Å². The molecule has 2 aromatic rings. The molecule has 2 heterocycles. The minimum absolute atomic E-state index is 0.0283. The van der Waals surface area contributed by atoms with Gasteiger partial charge in [0.25, 0.3) is 11.8 Å². The molecule has 12 heteroatoms. The molecule has 4 amide bonds. The van der Waals surface area contributed by atoms with Crippen molar-refractivity contribution in [3.63, 3.8) is 0 Å². The number of aromatic nitrogens is 1. The Morgan fingerprint density at radius 1 is 1.18 bits per heavy atom. The number of hydrogen-bond donors (Lipinski definition) is 4. The number of pyridine rings is 1. The highest BCUT2D eigenvalue weighted by molar-refractivity contribution is 5.99. The third-order valence-electron chi connectivity index (χ3n) is 5.94.